The van der Waals surface area contributed by atoms with Gasteiger partial charge in [0.25, 0.3) is 0 Å². The first kappa shape index (κ1) is 35.9. The standard InChI is InChI=1S/C33H43Cl2N5O5S/c1-6-36-19-33(2,3)20-39-13-15-40(16-14-39)26(41)18-24-29(32(43)45-5)30(27-21(34)8-7-9-22(27)35)28(31(42)44-4)23(38-24)10-11-25-37-12-17-46-25/h7-9,12,17,30,36,38H,6,10-11,13-16,18-20H2,1-5H3. The molecule has 1 fully saturated rings. The van der Waals surface area contributed by atoms with Crippen LogP contribution in [0.5, 0.6) is 0 Å². The Morgan fingerprint density at radius 3 is 2.22 bits per heavy atom. The summed E-state index contributed by atoms with van der Waals surface area (Å²) in [4.78, 5) is 49.5. The Balaban J connectivity index is 1.68. The summed E-state index contributed by atoms with van der Waals surface area (Å²) < 4.78 is 10.5. The number of methoxy groups -OCH3 is 2. The summed E-state index contributed by atoms with van der Waals surface area (Å²) in [6.07, 6.45) is 2.50. The molecule has 2 N–H and O–H groups in total. The fourth-order valence-corrected chi connectivity index (χ4v) is 7.31. The molecule has 250 valence electrons. The minimum absolute atomic E-state index is 0.0908. The van der Waals surface area contributed by atoms with Crippen LogP contribution in [0, 0.1) is 5.41 Å². The summed E-state index contributed by atoms with van der Waals surface area (Å²) in [5.74, 6) is -2.53. The lowest BCUT2D eigenvalue weighted by molar-refractivity contribution is -0.137. The normalized spacial score (nSPS) is 17.6. The smallest absolute Gasteiger partial charge is 0.336 e. The van der Waals surface area contributed by atoms with Crippen LogP contribution in [-0.2, 0) is 30.3 Å². The van der Waals surface area contributed by atoms with Gasteiger partial charge in [-0.3, -0.25) is 9.69 Å². The maximum Gasteiger partial charge on any atom is 0.336 e. The number of thiazole rings is 1. The summed E-state index contributed by atoms with van der Waals surface area (Å²) in [7, 11) is 2.54. The van der Waals surface area contributed by atoms with Crippen LogP contribution in [0.4, 0.5) is 0 Å². The summed E-state index contributed by atoms with van der Waals surface area (Å²) in [6, 6.07) is 4.98. The molecule has 0 saturated carbocycles. The van der Waals surface area contributed by atoms with E-state index < -0.39 is 17.9 Å². The third-order valence-electron chi connectivity index (χ3n) is 8.26. The summed E-state index contributed by atoms with van der Waals surface area (Å²) >= 11 is 14.9. The maximum absolute atomic E-state index is 13.9. The monoisotopic (exact) mass is 691 g/mol. The minimum Gasteiger partial charge on any atom is -0.466 e. The average molecular weight is 693 g/mol. The third kappa shape index (κ3) is 8.68. The molecule has 3 heterocycles. The molecule has 1 amide bonds. The van der Waals surface area contributed by atoms with E-state index in [-0.39, 0.29) is 38.9 Å². The van der Waals surface area contributed by atoms with Gasteiger partial charge >= 0.3 is 11.9 Å². The molecule has 10 nitrogen and oxygen atoms in total. The topological polar surface area (TPSA) is 113 Å². The second-order valence-electron chi connectivity index (χ2n) is 12.2. The SMILES string of the molecule is CCNCC(C)(C)CN1CCN(C(=O)CC2=C(C(=O)OC)C(c3c(Cl)cccc3Cl)C(C(=O)OC)=C(CCc3nccs3)N2)CC1. The predicted molar refractivity (Wildman–Crippen MR) is 181 cm³/mol. The van der Waals surface area contributed by atoms with Crippen molar-refractivity contribution in [2.75, 3.05) is 60.0 Å². The number of hydrogen-bond acceptors (Lipinski definition) is 10. The summed E-state index contributed by atoms with van der Waals surface area (Å²) in [5.41, 5.74) is 1.58. The van der Waals surface area contributed by atoms with E-state index in [1.54, 1.807) is 24.4 Å². The van der Waals surface area contributed by atoms with Gasteiger partial charge in [0.05, 0.1) is 42.7 Å². The lowest BCUT2D eigenvalue weighted by Gasteiger charge is -2.39. The quantitative estimate of drug-likeness (QED) is 0.286. The van der Waals surface area contributed by atoms with Crippen molar-refractivity contribution >= 4 is 52.4 Å². The Morgan fingerprint density at radius 1 is 1.02 bits per heavy atom. The van der Waals surface area contributed by atoms with Gasteiger partial charge in [0.2, 0.25) is 5.91 Å². The van der Waals surface area contributed by atoms with Gasteiger partial charge in [0.1, 0.15) is 0 Å². The summed E-state index contributed by atoms with van der Waals surface area (Å²) in [5, 5.41) is 10.0. The van der Waals surface area contributed by atoms with Gasteiger partial charge in [-0.15, -0.1) is 11.3 Å². The van der Waals surface area contributed by atoms with Crippen LogP contribution in [0.25, 0.3) is 0 Å². The first-order valence-electron chi connectivity index (χ1n) is 15.4. The van der Waals surface area contributed by atoms with Gasteiger partial charge < -0.3 is 25.0 Å². The summed E-state index contributed by atoms with van der Waals surface area (Å²) in [6.45, 7) is 12.0. The van der Waals surface area contributed by atoms with Gasteiger partial charge in [0, 0.05) is 84.3 Å². The number of esters is 2. The second kappa shape index (κ2) is 16.2. The molecule has 1 aromatic carbocycles. The molecule has 2 aliphatic rings. The van der Waals surface area contributed by atoms with E-state index >= 15 is 0 Å². The predicted octanol–water partition coefficient (Wildman–Crippen LogP) is 4.79. The molecule has 0 radical (unpaired) electrons. The molecule has 0 spiro atoms. The highest BCUT2D eigenvalue weighted by atomic mass is 35.5. The van der Waals surface area contributed by atoms with Crippen molar-refractivity contribution in [1.29, 1.82) is 0 Å². The number of aromatic nitrogens is 1. The largest absolute Gasteiger partial charge is 0.466 e. The second-order valence-corrected chi connectivity index (χ2v) is 14.0. The van der Waals surface area contributed by atoms with Crippen LogP contribution >= 0.6 is 34.5 Å². The Bertz CT molecular complexity index is 1450. The Labute approximate surface area is 285 Å². The van der Waals surface area contributed by atoms with Crippen LogP contribution in [-0.4, -0.2) is 92.7 Å². The highest BCUT2D eigenvalue weighted by Crippen LogP contribution is 2.46. The number of piperazine rings is 1. The van der Waals surface area contributed by atoms with E-state index in [9.17, 15) is 14.4 Å². The number of allylic oxidation sites excluding steroid dienone is 1. The number of amides is 1. The van der Waals surface area contributed by atoms with Crippen molar-refractivity contribution in [3.05, 3.63) is 72.9 Å². The van der Waals surface area contributed by atoms with E-state index in [0.717, 1.165) is 37.7 Å². The van der Waals surface area contributed by atoms with Crippen LogP contribution in [0.2, 0.25) is 10.0 Å². The van der Waals surface area contributed by atoms with Gasteiger partial charge in [-0.1, -0.05) is 50.0 Å². The van der Waals surface area contributed by atoms with E-state index in [1.807, 2.05) is 10.3 Å². The molecule has 0 aliphatic carbocycles. The molecule has 13 heteroatoms. The van der Waals surface area contributed by atoms with Crippen molar-refractivity contribution < 1.29 is 23.9 Å². The van der Waals surface area contributed by atoms with E-state index in [2.05, 4.69) is 41.3 Å². The number of hydrogen-bond donors (Lipinski definition) is 2. The van der Waals surface area contributed by atoms with Crippen molar-refractivity contribution in [3.63, 3.8) is 0 Å². The number of ether oxygens (including phenoxy) is 2. The van der Waals surface area contributed by atoms with Crippen molar-refractivity contribution in [1.82, 2.24) is 25.4 Å². The van der Waals surface area contributed by atoms with Gasteiger partial charge in [0.15, 0.2) is 0 Å². The number of carbonyl (C=O) groups is 3. The lowest BCUT2D eigenvalue weighted by atomic mass is 9.78. The van der Waals surface area contributed by atoms with E-state index in [4.69, 9.17) is 32.7 Å². The zero-order chi connectivity index (χ0) is 33.4. The van der Waals surface area contributed by atoms with Crippen LogP contribution in [0.1, 0.15) is 50.1 Å². The van der Waals surface area contributed by atoms with Crippen LogP contribution in [0.3, 0.4) is 0 Å². The van der Waals surface area contributed by atoms with Crippen molar-refractivity contribution in [3.8, 4) is 0 Å². The van der Waals surface area contributed by atoms with Gasteiger partial charge in [-0.05, 0) is 30.5 Å². The maximum atomic E-state index is 13.9. The zero-order valence-electron chi connectivity index (χ0n) is 27.1. The number of rotatable bonds is 13. The Kier molecular flexibility index (Phi) is 12.7. The first-order valence-corrected chi connectivity index (χ1v) is 17.1. The number of halogens is 2. The van der Waals surface area contributed by atoms with Gasteiger partial charge in [-0.25, -0.2) is 14.6 Å². The van der Waals surface area contributed by atoms with E-state index in [1.165, 1.54) is 25.6 Å². The first-order chi connectivity index (χ1) is 22.0. The molecule has 46 heavy (non-hydrogen) atoms. The fraction of sp³-hybridized carbons (Fsp3) is 0.515. The molecule has 4 rings (SSSR count). The number of nitrogens with one attached hydrogen (secondary N) is 2. The molecular weight excluding hydrogens is 649 g/mol. The number of dihydropyridines is 1. The molecule has 0 bridgehead atoms. The minimum atomic E-state index is -1.03. The Morgan fingerprint density at radius 2 is 1.65 bits per heavy atom. The highest BCUT2D eigenvalue weighted by molar-refractivity contribution is 7.09. The van der Waals surface area contributed by atoms with Gasteiger partial charge in [-0.2, -0.15) is 0 Å². The van der Waals surface area contributed by atoms with Crippen LogP contribution < -0.4 is 10.6 Å². The number of carbonyl (C=O) groups excluding carboxylic acids is 3. The highest BCUT2D eigenvalue weighted by Gasteiger charge is 2.42. The zero-order valence-corrected chi connectivity index (χ0v) is 29.4. The number of benzene rings is 1. The van der Waals surface area contributed by atoms with Crippen LogP contribution in [0.15, 0.2) is 52.3 Å². The third-order valence-corrected chi connectivity index (χ3v) is 9.76. The number of nitrogens with zero attached hydrogens (tertiary/aromatic N) is 3. The van der Waals surface area contributed by atoms with Crippen molar-refractivity contribution in [2.24, 2.45) is 5.41 Å². The lowest BCUT2D eigenvalue weighted by Crippen LogP contribution is -2.52. The van der Waals surface area contributed by atoms with E-state index in [0.29, 0.717) is 42.9 Å². The molecule has 2 aliphatic heterocycles. The molecule has 1 aromatic heterocycles. The molecule has 1 unspecified atom stereocenters. The van der Waals surface area contributed by atoms with Crippen molar-refractivity contribution in [2.45, 2.75) is 46.0 Å². The molecular formula is C33H43Cl2N5O5S. The average Bonchev–Trinajstić information content (AvgIpc) is 3.56. The molecule has 2 aromatic rings. The fourth-order valence-electron chi connectivity index (χ4n) is 6.07. The Hall–Kier alpha value is -2.96. The molecule has 1 atom stereocenters. The number of aryl methyl sites for hydroxylation is 1. The molecule has 1 saturated heterocycles.